The molecule has 19 heavy (non-hydrogen) atoms. The van der Waals surface area contributed by atoms with E-state index in [0.29, 0.717) is 6.54 Å². The lowest BCUT2D eigenvalue weighted by Gasteiger charge is -2.23. The molecule has 3 unspecified atom stereocenters. The molecule has 0 aromatic carbocycles. The van der Waals surface area contributed by atoms with Crippen molar-refractivity contribution < 1.29 is 9.90 Å². The Balaban J connectivity index is 2.02. The van der Waals surface area contributed by atoms with Crippen molar-refractivity contribution in [2.75, 3.05) is 11.4 Å². The molecule has 8 heteroatoms. The highest BCUT2D eigenvalue weighted by Gasteiger charge is 2.48. The van der Waals surface area contributed by atoms with Crippen LogP contribution in [0.1, 0.15) is 19.3 Å². The minimum Gasteiger partial charge on any atom is -0.480 e. The van der Waals surface area contributed by atoms with Crippen LogP contribution in [0.25, 0.3) is 0 Å². The number of aromatic nitrogens is 3. The lowest BCUT2D eigenvalue weighted by atomic mass is 9.94. The van der Waals surface area contributed by atoms with Gasteiger partial charge in [-0.05, 0) is 24.7 Å². The predicted octanol–water partition coefficient (Wildman–Crippen LogP) is -0.852. The average Bonchev–Trinajstić information content (AvgIpc) is 2.87. The van der Waals surface area contributed by atoms with Crippen LogP contribution < -0.4 is 16.1 Å². The standard InChI is InChI=1S/C11H14N4O4/c16-9-8(13-14-11(19)12-9)15-4-5-2-1-3-6(5)7(15)10(17)18/h5-7H,1-4H2,(H,17,18)(H2,12,14,16,19). The first-order valence-corrected chi connectivity index (χ1v) is 6.26. The van der Waals surface area contributed by atoms with Crippen LogP contribution in [-0.4, -0.2) is 38.8 Å². The molecule has 2 aliphatic rings. The van der Waals surface area contributed by atoms with Crippen LogP contribution in [0.15, 0.2) is 9.59 Å². The number of fused-ring (bicyclic) bond motifs is 1. The van der Waals surface area contributed by atoms with Crippen molar-refractivity contribution in [3.8, 4) is 0 Å². The van der Waals surface area contributed by atoms with Gasteiger partial charge in [0.2, 0.25) is 5.82 Å². The predicted molar refractivity (Wildman–Crippen MR) is 65.1 cm³/mol. The molecule has 1 saturated carbocycles. The van der Waals surface area contributed by atoms with E-state index in [1.165, 1.54) is 4.90 Å². The Hall–Kier alpha value is -2.12. The number of nitrogens with zero attached hydrogens (tertiary/aromatic N) is 2. The molecule has 1 aromatic rings. The summed E-state index contributed by atoms with van der Waals surface area (Å²) in [5.74, 6) is -0.608. The van der Waals surface area contributed by atoms with Crippen LogP contribution in [0.4, 0.5) is 5.82 Å². The first-order valence-electron chi connectivity index (χ1n) is 6.26. The van der Waals surface area contributed by atoms with Gasteiger partial charge in [-0.2, -0.15) is 0 Å². The van der Waals surface area contributed by atoms with Crippen LogP contribution in [-0.2, 0) is 4.79 Å². The molecule has 0 bridgehead atoms. The van der Waals surface area contributed by atoms with Gasteiger partial charge in [0.1, 0.15) is 6.04 Å². The zero-order chi connectivity index (χ0) is 13.6. The lowest BCUT2D eigenvalue weighted by molar-refractivity contribution is -0.139. The molecule has 1 aromatic heterocycles. The highest BCUT2D eigenvalue weighted by Crippen LogP contribution is 2.42. The van der Waals surface area contributed by atoms with Crippen LogP contribution in [0.3, 0.4) is 0 Å². The molecule has 102 valence electrons. The number of hydrogen-bond donors (Lipinski definition) is 3. The van der Waals surface area contributed by atoms with E-state index >= 15 is 0 Å². The number of carboxylic acid groups (broad SMARTS) is 1. The van der Waals surface area contributed by atoms with Crippen molar-refractivity contribution in [3.63, 3.8) is 0 Å². The Morgan fingerprint density at radius 1 is 1.37 bits per heavy atom. The van der Waals surface area contributed by atoms with Gasteiger partial charge in [0, 0.05) is 6.54 Å². The minimum absolute atomic E-state index is 0.0126. The summed E-state index contributed by atoms with van der Waals surface area (Å²) in [7, 11) is 0. The number of carbonyl (C=O) groups is 1. The van der Waals surface area contributed by atoms with Gasteiger partial charge < -0.3 is 10.0 Å². The molecule has 0 radical (unpaired) electrons. The number of hydrogen-bond acceptors (Lipinski definition) is 5. The van der Waals surface area contributed by atoms with E-state index in [2.05, 4.69) is 15.2 Å². The first-order chi connectivity index (χ1) is 9.08. The third-order valence-electron chi connectivity index (χ3n) is 4.11. The van der Waals surface area contributed by atoms with Crippen LogP contribution in [0.5, 0.6) is 0 Å². The lowest BCUT2D eigenvalue weighted by Crippen LogP contribution is -2.44. The molecule has 2 heterocycles. The summed E-state index contributed by atoms with van der Waals surface area (Å²) >= 11 is 0. The second-order valence-corrected chi connectivity index (χ2v) is 5.12. The Labute approximate surface area is 107 Å². The van der Waals surface area contributed by atoms with E-state index in [1.807, 2.05) is 0 Å². The number of carboxylic acids is 1. The molecule has 2 fully saturated rings. The summed E-state index contributed by atoms with van der Waals surface area (Å²) in [6.45, 7) is 0.504. The van der Waals surface area contributed by atoms with Crippen molar-refractivity contribution in [3.05, 3.63) is 20.8 Å². The Kier molecular flexibility index (Phi) is 2.65. The van der Waals surface area contributed by atoms with Gasteiger partial charge in [-0.1, -0.05) is 6.42 Å². The molecule has 3 atom stereocenters. The van der Waals surface area contributed by atoms with Crippen LogP contribution in [0, 0.1) is 11.8 Å². The van der Waals surface area contributed by atoms with Crippen LogP contribution in [0.2, 0.25) is 0 Å². The highest BCUT2D eigenvalue weighted by molar-refractivity contribution is 5.79. The van der Waals surface area contributed by atoms with E-state index in [-0.39, 0.29) is 17.7 Å². The summed E-state index contributed by atoms with van der Waals surface area (Å²) in [6, 6.07) is -0.730. The van der Waals surface area contributed by atoms with Gasteiger partial charge >= 0.3 is 11.7 Å². The summed E-state index contributed by atoms with van der Waals surface area (Å²) < 4.78 is 0. The Bertz CT molecular complexity index is 622. The Morgan fingerprint density at radius 2 is 2.16 bits per heavy atom. The van der Waals surface area contributed by atoms with E-state index < -0.39 is 23.3 Å². The number of aromatic amines is 2. The third kappa shape index (κ3) is 1.83. The largest absolute Gasteiger partial charge is 0.480 e. The van der Waals surface area contributed by atoms with Crippen molar-refractivity contribution in [1.29, 1.82) is 0 Å². The summed E-state index contributed by atoms with van der Waals surface area (Å²) in [4.78, 5) is 37.7. The maximum atomic E-state index is 11.7. The molecule has 1 saturated heterocycles. The first kappa shape index (κ1) is 11.9. The highest BCUT2D eigenvalue weighted by atomic mass is 16.4. The zero-order valence-corrected chi connectivity index (χ0v) is 10.1. The fourth-order valence-electron chi connectivity index (χ4n) is 3.38. The maximum Gasteiger partial charge on any atom is 0.342 e. The van der Waals surface area contributed by atoms with Crippen molar-refractivity contribution in [1.82, 2.24) is 15.2 Å². The number of anilines is 1. The molecule has 1 aliphatic carbocycles. The summed E-state index contributed by atoms with van der Waals surface area (Å²) in [6.07, 6.45) is 2.87. The number of nitrogens with one attached hydrogen (secondary N) is 2. The van der Waals surface area contributed by atoms with Gasteiger partial charge in [0.15, 0.2) is 0 Å². The van der Waals surface area contributed by atoms with Crippen molar-refractivity contribution in [2.24, 2.45) is 11.8 Å². The fourth-order valence-corrected chi connectivity index (χ4v) is 3.38. The topological polar surface area (TPSA) is 119 Å². The van der Waals surface area contributed by atoms with Gasteiger partial charge in [0.05, 0.1) is 0 Å². The van der Waals surface area contributed by atoms with Crippen molar-refractivity contribution >= 4 is 11.8 Å². The molecule has 3 rings (SSSR count). The summed E-state index contributed by atoms with van der Waals surface area (Å²) in [5, 5.41) is 15.2. The molecular weight excluding hydrogens is 252 g/mol. The average molecular weight is 266 g/mol. The molecular formula is C11H14N4O4. The molecule has 3 N–H and O–H groups in total. The summed E-state index contributed by atoms with van der Waals surface area (Å²) in [5.41, 5.74) is -1.34. The number of H-pyrrole nitrogens is 2. The van der Waals surface area contributed by atoms with E-state index in [9.17, 15) is 19.5 Å². The normalized spacial score (nSPS) is 29.5. The SMILES string of the molecule is O=C(O)C1C2CCCC2CN1c1n[nH]c(=O)[nH]c1=O. The Morgan fingerprint density at radius 3 is 2.84 bits per heavy atom. The smallest absolute Gasteiger partial charge is 0.342 e. The second kappa shape index (κ2) is 4.22. The maximum absolute atomic E-state index is 11.7. The van der Waals surface area contributed by atoms with Gasteiger partial charge in [0.25, 0.3) is 5.56 Å². The quantitative estimate of drug-likeness (QED) is 0.641. The fraction of sp³-hybridized carbons (Fsp3) is 0.636. The van der Waals surface area contributed by atoms with Gasteiger partial charge in [-0.15, -0.1) is 5.10 Å². The molecule has 1 aliphatic heterocycles. The number of aliphatic carboxylic acids is 1. The molecule has 0 spiro atoms. The third-order valence-corrected chi connectivity index (χ3v) is 4.11. The monoisotopic (exact) mass is 266 g/mol. The van der Waals surface area contributed by atoms with Crippen molar-refractivity contribution in [2.45, 2.75) is 25.3 Å². The van der Waals surface area contributed by atoms with E-state index in [0.717, 1.165) is 19.3 Å². The van der Waals surface area contributed by atoms with Gasteiger partial charge in [-0.3, -0.25) is 9.78 Å². The number of rotatable bonds is 2. The van der Waals surface area contributed by atoms with E-state index in [1.54, 1.807) is 0 Å². The van der Waals surface area contributed by atoms with Gasteiger partial charge in [-0.25, -0.2) is 14.7 Å². The second-order valence-electron chi connectivity index (χ2n) is 5.12. The molecule has 8 nitrogen and oxygen atoms in total. The van der Waals surface area contributed by atoms with Crippen LogP contribution >= 0.6 is 0 Å². The minimum atomic E-state index is -0.943. The zero-order valence-electron chi connectivity index (χ0n) is 10.1. The van der Waals surface area contributed by atoms with E-state index in [4.69, 9.17) is 0 Å². The molecule has 0 amide bonds.